The summed E-state index contributed by atoms with van der Waals surface area (Å²) in [5, 5.41) is 37.2. The number of rotatable bonds is 3. The first-order chi connectivity index (χ1) is 7.16. The summed E-state index contributed by atoms with van der Waals surface area (Å²) in [4.78, 5) is 16.8. The Kier molecular flexibility index (Phi) is 4.06. The second kappa shape index (κ2) is 4.65. The maximum absolute atomic E-state index is 10.4. The first-order valence-electron chi connectivity index (χ1n) is 4.26. The predicted molar refractivity (Wildman–Crippen MR) is 46.9 cm³/mol. The zero-order valence-electron chi connectivity index (χ0n) is 8.00. The molecular formula is C6H13O9P. The minimum absolute atomic E-state index is 0.501. The van der Waals surface area contributed by atoms with Gasteiger partial charge in [0.15, 0.2) is 0 Å². The zero-order valence-corrected chi connectivity index (χ0v) is 8.90. The van der Waals surface area contributed by atoms with E-state index in [0.29, 0.717) is 0 Å². The van der Waals surface area contributed by atoms with Gasteiger partial charge in [0, 0.05) is 0 Å². The van der Waals surface area contributed by atoms with Gasteiger partial charge < -0.3 is 34.9 Å². The van der Waals surface area contributed by atoms with Crippen LogP contribution in [0.5, 0.6) is 0 Å². The Bertz CT molecular complexity index is 290. The fraction of sp³-hybridized carbons (Fsp3) is 1.00. The van der Waals surface area contributed by atoms with Crippen molar-refractivity contribution in [2.75, 3.05) is 13.2 Å². The van der Waals surface area contributed by atoms with Gasteiger partial charge in [0.1, 0.15) is 24.9 Å². The smallest absolute Gasteiger partial charge is 0.388 e. The van der Waals surface area contributed by atoms with Crippen molar-refractivity contribution in [3.05, 3.63) is 0 Å². The topological polar surface area (TPSA) is 157 Å². The molecule has 10 heteroatoms. The van der Waals surface area contributed by atoms with E-state index in [1.54, 1.807) is 0 Å². The number of phosphoric acid groups is 1. The van der Waals surface area contributed by atoms with Crippen molar-refractivity contribution < 1.29 is 44.0 Å². The Morgan fingerprint density at radius 1 is 1.38 bits per heavy atom. The van der Waals surface area contributed by atoms with Crippen molar-refractivity contribution in [3.8, 4) is 0 Å². The van der Waals surface area contributed by atoms with Crippen molar-refractivity contribution in [2.24, 2.45) is 0 Å². The van der Waals surface area contributed by atoms with Crippen LogP contribution in [0.2, 0.25) is 0 Å². The minimum Gasteiger partial charge on any atom is -0.388 e. The molecular weight excluding hydrogens is 247 g/mol. The van der Waals surface area contributed by atoms with Crippen molar-refractivity contribution in [1.82, 2.24) is 0 Å². The van der Waals surface area contributed by atoms with Crippen LogP contribution in [0.4, 0.5) is 0 Å². The average molecular weight is 260 g/mol. The lowest BCUT2D eigenvalue weighted by atomic mass is 9.98. The van der Waals surface area contributed by atoms with E-state index in [0.717, 1.165) is 0 Å². The third-order valence-corrected chi connectivity index (χ3v) is 2.59. The molecule has 4 atom stereocenters. The molecule has 1 heterocycles. The molecule has 1 saturated heterocycles. The van der Waals surface area contributed by atoms with E-state index in [1.807, 2.05) is 0 Å². The van der Waals surface area contributed by atoms with Gasteiger partial charge in [-0.2, -0.15) is 0 Å². The molecule has 0 aromatic heterocycles. The lowest BCUT2D eigenvalue weighted by Gasteiger charge is -2.41. The summed E-state index contributed by atoms with van der Waals surface area (Å²) in [5.41, 5.74) is 0. The van der Waals surface area contributed by atoms with Crippen LogP contribution in [-0.2, 0) is 13.8 Å². The molecule has 0 radical (unpaired) electrons. The van der Waals surface area contributed by atoms with Gasteiger partial charge in [0.2, 0.25) is 5.79 Å². The Labute approximate surface area is 90.1 Å². The van der Waals surface area contributed by atoms with Crippen molar-refractivity contribution >= 4 is 7.82 Å². The molecule has 1 aliphatic heterocycles. The van der Waals surface area contributed by atoms with Gasteiger partial charge >= 0.3 is 7.82 Å². The Balaban J connectivity index is 2.66. The molecule has 0 saturated carbocycles. The summed E-state index contributed by atoms with van der Waals surface area (Å²) in [6.07, 6.45) is -5.03. The summed E-state index contributed by atoms with van der Waals surface area (Å²) in [5.74, 6) is -2.47. The quantitative estimate of drug-likeness (QED) is 0.289. The first-order valence-corrected chi connectivity index (χ1v) is 5.79. The lowest BCUT2D eigenvalue weighted by molar-refractivity contribution is -0.329. The van der Waals surface area contributed by atoms with Crippen LogP contribution < -0.4 is 0 Å². The van der Waals surface area contributed by atoms with Gasteiger partial charge in [-0.3, -0.25) is 4.52 Å². The highest BCUT2D eigenvalue weighted by Crippen LogP contribution is 2.38. The van der Waals surface area contributed by atoms with E-state index in [4.69, 9.17) is 14.9 Å². The lowest BCUT2D eigenvalue weighted by Crippen LogP contribution is -2.62. The van der Waals surface area contributed by atoms with Gasteiger partial charge in [-0.1, -0.05) is 0 Å². The highest BCUT2D eigenvalue weighted by atomic mass is 31.2. The van der Waals surface area contributed by atoms with Gasteiger partial charge in [-0.15, -0.1) is 0 Å². The van der Waals surface area contributed by atoms with Crippen LogP contribution in [0.1, 0.15) is 0 Å². The maximum atomic E-state index is 10.4. The van der Waals surface area contributed by atoms with Crippen LogP contribution >= 0.6 is 7.82 Å². The average Bonchev–Trinajstić information content (AvgIpc) is 2.18. The molecule has 96 valence electrons. The van der Waals surface area contributed by atoms with E-state index in [1.165, 1.54) is 0 Å². The third-order valence-electron chi connectivity index (χ3n) is 2.12. The molecule has 0 unspecified atom stereocenters. The molecule has 0 amide bonds. The van der Waals surface area contributed by atoms with Crippen LogP contribution in [0.3, 0.4) is 0 Å². The van der Waals surface area contributed by atoms with E-state index in [9.17, 15) is 19.9 Å². The standard InChI is InChI=1S/C6H13O9P/c7-3-1-14-6(10,5(9)4(3)8)2-15-16(11,12)13/h3-5,7-10H,1-2H2,(H2,11,12,13)/t3-,4+,5-,6-/m1/s1. The highest BCUT2D eigenvalue weighted by molar-refractivity contribution is 7.46. The number of phosphoric ester groups is 1. The molecule has 16 heavy (non-hydrogen) atoms. The summed E-state index contributed by atoms with van der Waals surface area (Å²) in [7, 11) is -4.83. The largest absolute Gasteiger partial charge is 0.469 e. The van der Waals surface area contributed by atoms with Gasteiger partial charge in [-0.05, 0) is 0 Å². The van der Waals surface area contributed by atoms with E-state index >= 15 is 0 Å². The number of hydrogen-bond acceptors (Lipinski definition) is 7. The second-order valence-corrected chi connectivity index (χ2v) is 4.66. The van der Waals surface area contributed by atoms with Crippen LogP contribution in [-0.4, -0.2) is 67.5 Å². The Hall–Kier alpha value is -0.0900. The molecule has 0 spiro atoms. The SMILES string of the molecule is O=P(O)(O)OC[C@@]1(O)OC[C@@H](O)[C@H](O)[C@H]1O. The van der Waals surface area contributed by atoms with E-state index in [2.05, 4.69) is 9.26 Å². The monoisotopic (exact) mass is 260 g/mol. The fourth-order valence-corrected chi connectivity index (χ4v) is 1.55. The minimum atomic E-state index is -4.83. The number of aliphatic hydroxyl groups excluding tert-OH is 3. The van der Waals surface area contributed by atoms with E-state index < -0.39 is 45.1 Å². The molecule has 0 aromatic rings. The summed E-state index contributed by atoms with van der Waals surface area (Å²) in [6, 6.07) is 0. The van der Waals surface area contributed by atoms with Crippen LogP contribution in [0, 0.1) is 0 Å². The summed E-state index contributed by atoms with van der Waals surface area (Å²) >= 11 is 0. The molecule has 1 aliphatic rings. The molecule has 0 aliphatic carbocycles. The number of hydrogen-bond donors (Lipinski definition) is 6. The predicted octanol–water partition coefficient (Wildman–Crippen LogP) is -3.10. The number of ether oxygens (including phenoxy) is 1. The van der Waals surface area contributed by atoms with Gasteiger partial charge in [-0.25, -0.2) is 4.57 Å². The molecule has 0 aromatic carbocycles. The maximum Gasteiger partial charge on any atom is 0.469 e. The van der Waals surface area contributed by atoms with Crippen LogP contribution in [0.15, 0.2) is 0 Å². The highest BCUT2D eigenvalue weighted by Gasteiger charge is 2.49. The molecule has 0 bridgehead atoms. The summed E-state index contributed by atoms with van der Waals surface area (Å²) < 4.78 is 18.9. The Morgan fingerprint density at radius 2 is 1.94 bits per heavy atom. The summed E-state index contributed by atoms with van der Waals surface area (Å²) in [6.45, 7) is -1.54. The number of aliphatic hydroxyl groups is 4. The first kappa shape index (κ1) is 14.0. The second-order valence-electron chi connectivity index (χ2n) is 3.42. The fourth-order valence-electron chi connectivity index (χ4n) is 1.19. The molecule has 6 N–H and O–H groups in total. The van der Waals surface area contributed by atoms with Gasteiger partial charge in [0.05, 0.1) is 6.61 Å². The molecule has 1 fully saturated rings. The Morgan fingerprint density at radius 3 is 2.44 bits per heavy atom. The molecule has 9 nitrogen and oxygen atoms in total. The van der Waals surface area contributed by atoms with E-state index in [-0.39, 0.29) is 0 Å². The van der Waals surface area contributed by atoms with Crippen molar-refractivity contribution in [1.29, 1.82) is 0 Å². The third kappa shape index (κ3) is 3.20. The van der Waals surface area contributed by atoms with Gasteiger partial charge in [0.25, 0.3) is 0 Å². The van der Waals surface area contributed by atoms with Crippen molar-refractivity contribution in [2.45, 2.75) is 24.1 Å². The zero-order chi connectivity index (χ0) is 12.6. The normalized spacial score (nSPS) is 41.0. The molecule has 1 rings (SSSR count). The van der Waals surface area contributed by atoms with Crippen LogP contribution in [0.25, 0.3) is 0 Å². The van der Waals surface area contributed by atoms with Crippen molar-refractivity contribution in [3.63, 3.8) is 0 Å².